The predicted octanol–water partition coefficient (Wildman–Crippen LogP) is 2.86. The van der Waals surface area contributed by atoms with Crippen LogP contribution in [0.2, 0.25) is 0 Å². The largest absolute Gasteiger partial charge is 0.495 e. The van der Waals surface area contributed by atoms with Crippen LogP contribution < -0.4 is 10.1 Å². The van der Waals surface area contributed by atoms with E-state index in [0.29, 0.717) is 5.13 Å². The van der Waals surface area contributed by atoms with Gasteiger partial charge >= 0.3 is 0 Å². The van der Waals surface area contributed by atoms with Gasteiger partial charge in [0, 0.05) is 14.1 Å². The van der Waals surface area contributed by atoms with Crippen LogP contribution in [0.15, 0.2) is 28.6 Å². The number of carbonyl (C=O) groups is 1. The van der Waals surface area contributed by atoms with Gasteiger partial charge in [0.05, 0.1) is 18.0 Å². The Labute approximate surface area is 137 Å². The predicted molar refractivity (Wildman–Crippen MR) is 90.2 cm³/mol. The summed E-state index contributed by atoms with van der Waals surface area (Å²) in [5, 5.41) is 11.9. The fourth-order valence-electron chi connectivity index (χ4n) is 1.74. The van der Waals surface area contributed by atoms with Crippen LogP contribution >= 0.6 is 23.1 Å². The maximum Gasteiger partial charge on any atom is 0.235 e. The first kappa shape index (κ1) is 16.6. The molecule has 0 aliphatic rings. The van der Waals surface area contributed by atoms with Crippen LogP contribution in [0.4, 0.5) is 10.8 Å². The zero-order chi connectivity index (χ0) is 16.1. The van der Waals surface area contributed by atoms with Gasteiger partial charge in [-0.25, -0.2) is 0 Å². The Hall–Kier alpha value is -1.80. The van der Waals surface area contributed by atoms with Crippen LogP contribution in [0.3, 0.4) is 0 Å². The average Bonchev–Trinajstić information content (AvgIpc) is 2.93. The number of ether oxygens (including phenoxy) is 1. The molecule has 22 heavy (non-hydrogen) atoms. The maximum absolute atomic E-state index is 11.9. The first-order valence-electron chi connectivity index (χ1n) is 6.62. The standard InChI is InChI=1S/C14H18N4O2S2/c1-9(12(19)18(2)3)21-14-17-16-13(22-14)15-10-7-5-6-8-11(10)20-4/h5-9H,1-4H3,(H,15,16)/t9-/m1/s1. The zero-order valence-electron chi connectivity index (χ0n) is 12.9. The van der Waals surface area contributed by atoms with Crippen molar-refractivity contribution in [1.29, 1.82) is 0 Å². The van der Waals surface area contributed by atoms with E-state index in [1.165, 1.54) is 23.1 Å². The molecule has 2 aromatic rings. The smallest absolute Gasteiger partial charge is 0.235 e. The molecule has 0 aliphatic carbocycles. The van der Waals surface area contributed by atoms with Crippen LogP contribution in [0.25, 0.3) is 0 Å². The second kappa shape index (κ2) is 7.46. The number of carbonyl (C=O) groups excluding carboxylic acids is 1. The van der Waals surface area contributed by atoms with E-state index in [-0.39, 0.29) is 11.2 Å². The van der Waals surface area contributed by atoms with Crippen LogP contribution in [0.5, 0.6) is 5.75 Å². The van der Waals surface area contributed by atoms with Crippen molar-refractivity contribution >= 4 is 39.8 Å². The number of hydrogen-bond donors (Lipinski definition) is 1. The summed E-state index contributed by atoms with van der Waals surface area (Å²) < 4.78 is 6.04. The Morgan fingerprint density at radius 1 is 1.36 bits per heavy atom. The van der Waals surface area contributed by atoms with Gasteiger partial charge in [-0.05, 0) is 19.1 Å². The minimum atomic E-state index is -0.193. The fraction of sp³-hybridized carbons (Fsp3) is 0.357. The molecule has 6 nitrogen and oxygen atoms in total. The number of benzene rings is 1. The van der Waals surface area contributed by atoms with Gasteiger partial charge in [-0.1, -0.05) is 35.2 Å². The number of amides is 1. The molecule has 8 heteroatoms. The molecule has 0 radical (unpaired) electrons. The molecule has 2 rings (SSSR count). The topological polar surface area (TPSA) is 67.3 Å². The van der Waals surface area contributed by atoms with Gasteiger partial charge in [0.15, 0.2) is 4.34 Å². The molecular formula is C14H18N4O2S2. The van der Waals surface area contributed by atoms with E-state index in [2.05, 4.69) is 15.5 Å². The summed E-state index contributed by atoms with van der Waals surface area (Å²) in [6.45, 7) is 1.86. The van der Waals surface area contributed by atoms with E-state index in [4.69, 9.17) is 4.74 Å². The quantitative estimate of drug-likeness (QED) is 0.817. The van der Waals surface area contributed by atoms with E-state index in [1.54, 1.807) is 26.1 Å². The van der Waals surface area contributed by atoms with Gasteiger partial charge in [-0.3, -0.25) is 4.79 Å². The van der Waals surface area contributed by atoms with E-state index in [1.807, 2.05) is 31.2 Å². The van der Waals surface area contributed by atoms with E-state index in [0.717, 1.165) is 15.8 Å². The van der Waals surface area contributed by atoms with E-state index >= 15 is 0 Å². The Morgan fingerprint density at radius 2 is 2.09 bits per heavy atom. The molecule has 0 fully saturated rings. The van der Waals surface area contributed by atoms with Crippen molar-refractivity contribution in [3.8, 4) is 5.75 Å². The van der Waals surface area contributed by atoms with Crippen molar-refractivity contribution in [2.45, 2.75) is 16.5 Å². The van der Waals surface area contributed by atoms with Gasteiger partial charge in [-0.15, -0.1) is 10.2 Å². The lowest BCUT2D eigenvalue weighted by Gasteiger charge is -2.14. The first-order valence-corrected chi connectivity index (χ1v) is 8.32. The third kappa shape index (κ3) is 4.11. The van der Waals surface area contributed by atoms with Gasteiger partial charge in [0.1, 0.15) is 5.75 Å². The van der Waals surface area contributed by atoms with Crippen molar-refractivity contribution in [3.05, 3.63) is 24.3 Å². The molecule has 1 aromatic carbocycles. The molecule has 0 spiro atoms. The number of aromatic nitrogens is 2. The molecule has 118 valence electrons. The molecule has 0 saturated carbocycles. The van der Waals surface area contributed by atoms with Crippen LogP contribution in [-0.4, -0.2) is 47.5 Å². The normalized spacial score (nSPS) is 11.8. The second-order valence-corrected chi connectivity index (χ2v) is 7.26. The molecule has 1 atom stereocenters. The molecule has 1 aromatic heterocycles. The fourth-order valence-corrected chi connectivity index (χ4v) is 3.79. The van der Waals surface area contributed by atoms with Crippen LogP contribution in [0, 0.1) is 0 Å². The van der Waals surface area contributed by atoms with Crippen molar-refractivity contribution in [2.24, 2.45) is 0 Å². The minimum absolute atomic E-state index is 0.0550. The molecule has 0 bridgehead atoms. The molecule has 1 amide bonds. The molecule has 0 unspecified atom stereocenters. The average molecular weight is 338 g/mol. The SMILES string of the molecule is COc1ccccc1Nc1nnc(S[C@H](C)C(=O)N(C)C)s1. The van der Waals surface area contributed by atoms with Gasteiger partial charge in [0.25, 0.3) is 0 Å². The Kier molecular flexibility index (Phi) is 5.62. The zero-order valence-corrected chi connectivity index (χ0v) is 14.5. The second-order valence-electron chi connectivity index (χ2n) is 4.69. The molecule has 0 aliphatic heterocycles. The number of hydrogen-bond acceptors (Lipinski definition) is 7. The van der Waals surface area contributed by atoms with Crippen molar-refractivity contribution in [1.82, 2.24) is 15.1 Å². The lowest BCUT2D eigenvalue weighted by molar-refractivity contribution is -0.127. The van der Waals surface area contributed by atoms with Crippen molar-refractivity contribution in [2.75, 3.05) is 26.5 Å². The highest BCUT2D eigenvalue weighted by Gasteiger charge is 2.18. The van der Waals surface area contributed by atoms with Gasteiger partial charge in [0.2, 0.25) is 11.0 Å². The lowest BCUT2D eigenvalue weighted by Crippen LogP contribution is -2.29. The molecular weight excluding hydrogens is 320 g/mol. The number of rotatable bonds is 6. The van der Waals surface area contributed by atoms with Crippen molar-refractivity contribution < 1.29 is 9.53 Å². The third-order valence-electron chi connectivity index (χ3n) is 2.82. The number of anilines is 2. The summed E-state index contributed by atoms with van der Waals surface area (Å²) in [6.07, 6.45) is 0. The van der Waals surface area contributed by atoms with E-state index in [9.17, 15) is 4.79 Å². The monoisotopic (exact) mass is 338 g/mol. The maximum atomic E-state index is 11.9. The first-order chi connectivity index (χ1) is 10.5. The summed E-state index contributed by atoms with van der Waals surface area (Å²) in [4.78, 5) is 13.4. The Bertz CT molecular complexity index is 645. The number of nitrogens with zero attached hydrogens (tertiary/aromatic N) is 3. The summed E-state index contributed by atoms with van der Waals surface area (Å²) in [6, 6.07) is 7.60. The number of para-hydroxylation sites is 2. The summed E-state index contributed by atoms with van der Waals surface area (Å²) in [5.41, 5.74) is 0.829. The molecule has 1 heterocycles. The minimum Gasteiger partial charge on any atom is -0.495 e. The highest BCUT2D eigenvalue weighted by molar-refractivity contribution is 8.02. The van der Waals surface area contributed by atoms with E-state index < -0.39 is 0 Å². The lowest BCUT2D eigenvalue weighted by atomic mass is 10.3. The van der Waals surface area contributed by atoms with Gasteiger partial charge in [-0.2, -0.15) is 0 Å². The summed E-state index contributed by atoms with van der Waals surface area (Å²) in [5.74, 6) is 0.794. The number of nitrogens with one attached hydrogen (secondary N) is 1. The summed E-state index contributed by atoms with van der Waals surface area (Å²) >= 11 is 2.81. The molecule has 1 N–H and O–H groups in total. The highest BCUT2D eigenvalue weighted by Crippen LogP contribution is 2.33. The Morgan fingerprint density at radius 3 is 2.77 bits per heavy atom. The number of thioether (sulfide) groups is 1. The molecule has 0 saturated heterocycles. The Balaban J connectivity index is 2.04. The van der Waals surface area contributed by atoms with Crippen LogP contribution in [-0.2, 0) is 4.79 Å². The summed E-state index contributed by atoms with van der Waals surface area (Å²) in [7, 11) is 5.11. The van der Waals surface area contributed by atoms with Crippen LogP contribution in [0.1, 0.15) is 6.92 Å². The third-order valence-corrected chi connectivity index (χ3v) is 4.83. The number of methoxy groups -OCH3 is 1. The van der Waals surface area contributed by atoms with Crippen molar-refractivity contribution in [3.63, 3.8) is 0 Å². The highest BCUT2D eigenvalue weighted by atomic mass is 32.2. The van der Waals surface area contributed by atoms with Gasteiger partial charge < -0.3 is 15.0 Å².